The summed E-state index contributed by atoms with van der Waals surface area (Å²) in [5.74, 6) is -0.498. The topological polar surface area (TPSA) is 71.3 Å². The van der Waals surface area contributed by atoms with Crippen LogP contribution in [-0.4, -0.2) is 11.8 Å². The van der Waals surface area contributed by atoms with Gasteiger partial charge in [0.25, 0.3) is 11.8 Å². The molecule has 132 valence electrons. The van der Waals surface area contributed by atoms with E-state index in [0.717, 1.165) is 5.56 Å². The molecule has 0 unspecified atom stereocenters. The van der Waals surface area contributed by atoms with E-state index in [1.54, 1.807) is 18.2 Å². The van der Waals surface area contributed by atoms with Crippen LogP contribution in [0.4, 0.5) is 10.1 Å². The standard InChI is InChI=1S/C20H17FN2O3/c1-13-2-4-14(5-3-13)19(24)22-12-17-10-11-18(26-17)20(25)23-16-8-6-15(21)7-9-16/h2-11H,12H2,1H3,(H,22,24)(H,23,25). The summed E-state index contributed by atoms with van der Waals surface area (Å²) in [5.41, 5.74) is 2.09. The summed E-state index contributed by atoms with van der Waals surface area (Å²) in [6.07, 6.45) is 0. The minimum Gasteiger partial charge on any atom is -0.454 e. The second-order valence-electron chi connectivity index (χ2n) is 5.78. The van der Waals surface area contributed by atoms with Crippen LogP contribution in [-0.2, 0) is 6.54 Å². The lowest BCUT2D eigenvalue weighted by molar-refractivity contribution is 0.0948. The lowest BCUT2D eigenvalue weighted by Gasteiger charge is -2.04. The molecule has 0 aliphatic rings. The lowest BCUT2D eigenvalue weighted by atomic mass is 10.1. The Morgan fingerprint density at radius 2 is 1.62 bits per heavy atom. The number of hydrogen-bond donors (Lipinski definition) is 2. The molecule has 0 aliphatic heterocycles. The Morgan fingerprint density at radius 3 is 2.31 bits per heavy atom. The zero-order valence-electron chi connectivity index (χ0n) is 14.1. The second kappa shape index (κ2) is 7.65. The molecule has 0 fully saturated rings. The SMILES string of the molecule is Cc1ccc(C(=O)NCc2ccc(C(=O)Nc3ccc(F)cc3)o2)cc1. The predicted molar refractivity (Wildman–Crippen MR) is 95.4 cm³/mol. The largest absolute Gasteiger partial charge is 0.454 e. The van der Waals surface area contributed by atoms with Crippen LogP contribution in [0, 0.1) is 12.7 Å². The van der Waals surface area contributed by atoms with E-state index in [-0.39, 0.29) is 24.0 Å². The zero-order valence-corrected chi connectivity index (χ0v) is 14.1. The number of benzene rings is 2. The Labute approximate surface area is 149 Å². The van der Waals surface area contributed by atoms with Crippen LogP contribution in [0.3, 0.4) is 0 Å². The highest BCUT2D eigenvalue weighted by atomic mass is 19.1. The van der Waals surface area contributed by atoms with Crippen molar-refractivity contribution in [3.8, 4) is 0 Å². The summed E-state index contributed by atoms with van der Waals surface area (Å²) in [5, 5.41) is 5.34. The predicted octanol–water partition coefficient (Wildman–Crippen LogP) is 3.91. The van der Waals surface area contributed by atoms with E-state index in [4.69, 9.17) is 4.42 Å². The maximum absolute atomic E-state index is 12.9. The molecule has 0 saturated heterocycles. The van der Waals surface area contributed by atoms with Crippen LogP contribution in [0.1, 0.15) is 32.2 Å². The van der Waals surface area contributed by atoms with Crippen molar-refractivity contribution in [2.24, 2.45) is 0 Å². The van der Waals surface area contributed by atoms with Crippen molar-refractivity contribution in [2.45, 2.75) is 13.5 Å². The van der Waals surface area contributed by atoms with Crippen LogP contribution >= 0.6 is 0 Å². The van der Waals surface area contributed by atoms with Crippen molar-refractivity contribution >= 4 is 17.5 Å². The summed E-state index contributed by atoms with van der Waals surface area (Å²) in [7, 11) is 0. The summed E-state index contributed by atoms with van der Waals surface area (Å²) in [4.78, 5) is 24.2. The van der Waals surface area contributed by atoms with E-state index in [1.165, 1.54) is 30.3 Å². The van der Waals surface area contributed by atoms with Gasteiger partial charge in [-0.15, -0.1) is 0 Å². The number of rotatable bonds is 5. The van der Waals surface area contributed by atoms with E-state index >= 15 is 0 Å². The molecule has 0 atom stereocenters. The average molecular weight is 352 g/mol. The van der Waals surface area contributed by atoms with Crippen molar-refractivity contribution in [3.63, 3.8) is 0 Å². The number of carbonyl (C=O) groups is 2. The van der Waals surface area contributed by atoms with Gasteiger partial charge < -0.3 is 15.1 Å². The fourth-order valence-corrected chi connectivity index (χ4v) is 2.30. The third kappa shape index (κ3) is 4.36. The second-order valence-corrected chi connectivity index (χ2v) is 5.78. The lowest BCUT2D eigenvalue weighted by Crippen LogP contribution is -2.22. The van der Waals surface area contributed by atoms with Gasteiger partial charge in [0.15, 0.2) is 5.76 Å². The first-order valence-electron chi connectivity index (χ1n) is 8.02. The maximum atomic E-state index is 12.9. The van der Waals surface area contributed by atoms with Crippen molar-refractivity contribution in [1.82, 2.24) is 5.32 Å². The highest BCUT2D eigenvalue weighted by molar-refractivity contribution is 6.02. The van der Waals surface area contributed by atoms with Gasteiger partial charge in [0, 0.05) is 11.3 Å². The first-order valence-corrected chi connectivity index (χ1v) is 8.02. The van der Waals surface area contributed by atoms with Gasteiger partial charge in [-0.2, -0.15) is 0 Å². The molecular weight excluding hydrogens is 335 g/mol. The molecule has 2 aromatic carbocycles. The quantitative estimate of drug-likeness (QED) is 0.731. The van der Waals surface area contributed by atoms with Crippen molar-refractivity contribution in [2.75, 3.05) is 5.32 Å². The van der Waals surface area contributed by atoms with E-state index in [2.05, 4.69) is 10.6 Å². The summed E-state index contributed by atoms with van der Waals surface area (Å²) < 4.78 is 18.3. The Kier molecular flexibility index (Phi) is 5.12. The number of hydrogen-bond acceptors (Lipinski definition) is 3. The molecule has 0 saturated carbocycles. The molecule has 0 radical (unpaired) electrons. The monoisotopic (exact) mass is 352 g/mol. The van der Waals surface area contributed by atoms with Gasteiger partial charge in [-0.3, -0.25) is 9.59 Å². The molecule has 2 amide bonds. The van der Waals surface area contributed by atoms with Gasteiger partial charge in [-0.1, -0.05) is 17.7 Å². The number of aryl methyl sites for hydroxylation is 1. The number of furan rings is 1. The molecule has 1 aromatic heterocycles. The highest BCUT2D eigenvalue weighted by Gasteiger charge is 2.12. The van der Waals surface area contributed by atoms with E-state index in [9.17, 15) is 14.0 Å². The summed E-state index contributed by atoms with van der Waals surface area (Å²) >= 11 is 0. The molecule has 3 rings (SSSR count). The van der Waals surface area contributed by atoms with Crippen molar-refractivity contribution in [3.05, 3.63) is 89.1 Å². The molecule has 5 nitrogen and oxygen atoms in total. The van der Waals surface area contributed by atoms with Gasteiger partial charge in [0.05, 0.1) is 6.54 Å². The van der Waals surface area contributed by atoms with Gasteiger partial charge in [0.1, 0.15) is 11.6 Å². The minimum atomic E-state index is -0.451. The first kappa shape index (κ1) is 17.4. The highest BCUT2D eigenvalue weighted by Crippen LogP contribution is 2.13. The Balaban J connectivity index is 1.57. The van der Waals surface area contributed by atoms with Crippen LogP contribution in [0.2, 0.25) is 0 Å². The van der Waals surface area contributed by atoms with Crippen LogP contribution in [0.5, 0.6) is 0 Å². The number of anilines is 1. The normalized spacial score (nSPS) is 10.4. The Hall–Kier alpha value is -3.41. The fourth-order valence-electron chi connectivity index (χ4n) is 2.30. The van der Waals surface area contributed by atoms with Crippen molar-refractivity contribution < 1.29 is 18.4 Å². The average Bonchev–Trinajstić information content (AvgIpc) is 3.11. The molecule has 0 aliphatic carbocycles. The van der Waals surface area contributed by atoms with E-state index in [0.29, 0.717) is 17.0 Å². The molecular formula is C20H17FN2O3. The fraction of sp³-hybridized carbons (Fsp3) is 0.100. The maximum Gasteiger partial charge on any atom is 0.291 e. The Bertz CT molecular complexity index is 915. The van der Waals surface area contributed by atoms with Gasteiger partial charge in [-0.25, -0.2) is 4.39 Å². The van der Waals surface area contributed by atoms with E-state index < -0.39 is 5.91 Å². The molecule has 0 spiro atoms. The number of amides is 2. The zero-order chi connectivity index (χ0) is 18.5. The number of carbonyl (C=O) groups excluding carboxylic acids is 2. The number of halogens is 1. The molecule has 6 heteroatoms. The summed E-state index contributed by atoms with van der Waals surface area (Å²) in [6.45, 7) is 2.11. The van der Waals surface area contributed by atoms with Gasteiger partial charge in [0.2, 0.25) is 0 Å². The molecule has 1 heterocycles. The minimum absolute atomic E-state index is 0.105. The number of nitrogens with one attached hydrogen (secondary N) is 2. The van der Waals surface area contributed by atoms with E-state index in [1.807, 2.05) is 19.1 Å². The summed E-state index contributed by atoms with van der Waals surface area (Å²) in [6, 6.07) is 15.8. The molecule has 0 bridgehead atoms. The molecule has 3 aromatic rings. The first-order chi connectivity index (χ1) is 12.5. The van der Waals surface area contributed by atoms with Crippen LogP contribution in [0.25, 0.3) is 0 Å². The van der Waals surface area contributed by atoms with Gasteiger partial charge in [-0.05, 0) is 55.5 Å². The molecule has 2 N–H and O–H groups in total. The third-order valence-corrected chi connectivity index (χ3v) is 3.72. The smallest absolute Gasteiger partial charge is 0.291 e. The van der Waals surface area contributed by atoms with Gasteiger partial charge >= 0.3 is 0 Å². The van der Waals surface area contributed by atoms with Crippen molar-refractivity contribution in [1.29, 1.82) is 0 Å². The van der Waals surface area contributed by atoms with Crippen LogP contribution in [0.15, 0.2) is 65.1 Å². The third-order valence-electron chi connectivity index (χ3n) is 3.72. The Morgan fingerprint density at radius 1 is 0.923 bits per heavy atom. The molecule has 26 heavy (non-hydrogen) atoms. The van der Waals surface area contributed by atoms with Crippen LogP contribution < -0.4 is 10.6 Å².